The number of rotatable bonds is 3. The van der Waals surface area contributed by atoms with Crippen LogP contribution < -0.4 is 5.32 Å². The van der Waals surface area contributed by atoms with Gasteiger partial charge in [0, 0.05) is 18.7 Å². The highest BCUT2D eigenvalue weighted by atomic mass is 16.1. The second-order valence-corrected chi connectivity index (χ2v) is 5.16. The number of amides is 1. The molecule has 1 aliphatic rings. The average molecular weight is 268 g/mol. The van der Waals surface area contributed by atoms with Gasteiger partial charge in [0.1, 0.15) is 0 Å². The molecule has 1 fully saturated rings. The summed E-state index contributed by atoms with van der Waals surface area (Å²) in [5.74, 6) is 2.74. The van der Waals surface area contributed by atoms with Crippen LogP contribution >= 0.6 is 0 Å². The minimum atomic E-state index is -0.159. The third-order valence-electron chi connectivity index (χ3n) is 3.58. The SMILES string of the molecule is C#CCNC(=O)c1cc(C2CC2)nc2c1c(C)nn2C. The van der Waals surface area contributed by atoms with Crippen molar-refractivity contribution in [2.45, 2.75) is 25.7 Å². The molecule has 0 aliphatic heterocycles. The van der Waals surface area contributed by atoms with Gasteiger partial charge in [-0.3, -0.25) is 9.48 Å². The van der Waals surface area contributed by atoms with Crippen molar-refractivity contribution in [1.82, 2.24) is 20.1 Å². The van der Waals surface area contributed by atoms with E-state index in [1.165, 1.54) is 0 Å². The van der Waals surface area contributed by atoms with E-state index in [2.05, 4.69) is 21.3 Å². The van der Waals surface area contributed by atoms with Crippen molar-refractivity contribution in [2.75, 3.05) is 6.54 Å². The van der Waals surface area contributed by atoms with Gasteiger partial charge >= 0.3 is 0 Å². The topological polar surface area (TPSA) is 59.8 Å². The summed E-state index contributed by atoms with van der Waals surface area (Å²) in [6, 6.07) is 1.89. The van der Waals surface area contributed by atoms with Gasteiger partial charge in [-0.1, -0.05) is 5.92 Å². The second-order valence-electron chi connectivity index (χ2n) is 5.16. The molecule has 0 bridgehead atoms. The van der Waals surface area contributed by atoms with Crippen LogP contribution in [0.3, 0.4) is 0 Å². The molecule has 0 atom stereocenters. The van der Waals surface area contributed by atoms with Crippen LogP contribution in [-0.4, -0.2) is 27.2 Å². The van der Waals surface area contributed by atoms with Crippen LogP contribution in [0.15, 0.2) is 6.07 Å². The third kappa shape index (κ3) is 2.03. The second kappa shape index (κ2) is 4.64. The first-order valence-corrected chi connectivity index (χ1v) is 6.67. The first kappa shape index (κ1) is 12.7. The molecular formula is C15H16N4O. The molecule has 0 spiro atoms. The summed E-state index contributed by atoms with van der Waals surface area (Å²) in [4.78, 5) is 17.0. The van der Waals surface area contributed by atoms with E-state index in [1.807, 2.05) is 20.0 Å². The van der Waals surface area contributed by atoms with Gasteiger partial charge in [0.15, 0.2) is 5.65 Å². The molecule has 1 N–H and O–H groups in total. The normalized spacial score (nSPS) is 14.2. The van der Waals surface area contributed by atoms with Gasteiger partial charge in [-0.15, -0.1) is 6.42 Å². The number of carbonyl (C=O) groups excluding carboxylic acids is 1. The lowest BCUT2D eigenvalue weighted by molar-refractivity contribution is 0.0960. The number of carbonyl (C=O) groups is 1. The van der Waals surface area contributed by atoms with Gasteiger partial charge < -0.3 is 5.32 Å². The fourth-order valence-electron chi connectivity index (χ4n) is 2.46. The van der Waals surface area contributed by atoms with E-state index >= 15 is 0 Å². The molecule has 1 amide bonds. The van der Waals surface area contributed by atoms with E-state index in [4.69, 9.17) is 6.42 Å². The molecule has 1 aliphatic carbocycles. The smallest absolute Gasteiger partial charge is 0.252 e. The number of hydrogen-bond acceptors (Lipinski definition) is 3. The Labute approximate surface area is 117 Å². The van der Waals surface area contributed by atoms with E-state index < -0.39 is 0 Å². The number of pyridine rings is 1. The molecule has 1 saturated carbocycles. The first-order valence-electron chi connectivity index (χ1n) is 6.67. The standard InChI is InChI=1S/C15H16N4O/c1-4-7-16-15(20)11-8-12(10-5-6-10)17-14-13(11)9(2)18-19(14)3/h1,8,10H,5-7H2,2-3H3,(H,16,20). The highest BCUT2D eigenvalue weighted by Crippen LogP contribution is 2.40. The van der Waals surface area contributed by atoms with E-state index in [-0.39, 0.29) is 12.5 Å². The highest BCUT2D eigenvalue weighted by Gasteiger charge is 2.28. The maximum atomic E-state index is 12.3. The summed E-state index contributed by atoms with van der Waals surface area (Å²) in [5, 5.41) is 7.90. The van der Waals surface area contributed by atoms with Crippen LogP contribution in [0.1, 0.15) is 40.5 Å². The Hall–Kier alpha value is -2.35. The largest absolute Gasteiger partial charge is 0.341 e. The van der Waals surface area contributed by atoms with Crippen LogP contribution in [0, 0.1) is 19.3 Å². The summed E-state index contributed by atoms with van der Waals surface area (Å²) >= 11 is 0. The van der Waals surface area contributed by atoms with Crippen LogP contribution in [0.25, 0.3) is 11.0 Å². The number of aryl methyl sites for hydroxylation is 2. The van der Waals surface area contributed by atoms with Crippen molar-refractivity contribution in [3.05, 3.63) is 23.0 Å². The van der Waals surface area contributed by atoms with Crippen LogP contribution in [-0.2, 0) is 7.05 Å². The molecule has 102 valence electrons. The Morgan fingerprint density at radius 3 is 3.00 bits per heavy atom. The lowest BCUT2D eigenvalue weighted by Gasteiger charge is -2.07. The van der Waals surface area contributed by atoms with Crippen LogP contribution in [0.5, 0.6) is 0 Å². The summed E-state index contributed by atoms with van der Waals surface area (Å²) in [6.45, 7) is 2.11. The van der Waals surface area contributed by atoms with Gasteiger partial charge in [0.2, 0.25) is 0 Å². The number of aromatic nitrogens is 3. The molecule has 3 rings (SSSR count). The Balaban J connectivity index is 2.17. The molecular weight excluding hydrogens is 252 g/mol. The fraction of sp³-hybridized carbons (Fsp3) is 0.400. The Bertz CT molecular complexity index is 734. The summed E-state index contributed by atoms with van der Waals surface area (Å²) in [7, 11) is 1.85. The lowest BCUT2D eigenvalue weighted by Crippen LogP contribution is -2.24. The zero-order valence-corrected chi connectivity index (χ0v) is 11.6. The van der Waals surface area contributed by atoms with Crippen molar-refractivity contribution in [1.29, 1.82) is 0 Å². The van der Waals surface area contributed by atoms with Crippen molar-refractivity contribution >= 4 is 16.9 Å². The van der Waals surface area contributed by atoms with Crippen molar-refractivity contribution in [2.24, 2.45) is 7.05 Å². The molecule has 5 heteroatoms. The van der Waals surface area contributed by atoms with Crippen molar-refractivity contribution < 1.29 is 4.79 Å². The number of terminal acetylenes is 1. The number of nitrogens with zero attached hydrogens (tertiary/aromatic N) is 3. The van der Waals surface area contributed by atoms with Crippen LogP contribution in [0.2, 0.25) is 0 Å². The molecule has 0 aromatic carbocycles. The van der Waals surface area contributed by atoms with E-state index in [9.17, 15) is 4.79 Å². The van der Waals surface area contributed by atoms with Gasteiger partial charge in [-0.2, -0.15) is 5.10 Å². The van der Waals surface area contributed by atoms with Gasteiger partial charge in [-0.05, 0) is 25.8 Å². The summed E-state index contributed by atoms with van der Waals surface area (Å²) in [5.41, 5.74) is 3.17. The third-order valence-corrected chi connectivity index (χ3v) is 3.58. The minimum Gasteiger partial charge on any atom is -0.341 e. The molecule has 2 aromatic rings. The zero-order valence-electron chi connectivity index (χ0n) is 11.6. The van der Waals surface area contributed by atoms with Gasteiger partial charge in [-0.25, -0.2) is 4.98 Å². The van der Waals surface area contributed by atoms with E-state index in [1.54, 1.807) is 4.68 Å². The van der Waals surface area contributed by atoms with Gasteiger partial charge in [0.05, 0.1) is 23.2 Å². The molecule has 2 aromatic heterocycles. The predicted octanol–water partition coefficient (Wildman–Crippen LogP) is 1.52. The molecule has 0 unspecified atom stereocenters. The Morgan fingerprint density at radius 1 is 1.60 bits per heavy atom. The Morgan fingerprint density at radius 2 is 2.35 bits per heavy atom. The lowest BCUT2D eigenvalue weighted by atomic mass is 10.1. The quantitative estimate of drug-likeness (QED) is 0.859. The molecule has 5 nitrogen and oxygen atoms in total. The minimum absolute atomic E-state index is 0.159. The molecule has 0 radical (unpaired) electrons. The first-order chi connectivity index (χ1) is 9.61. The van der Waals surface area contributed by atoms with E-state index in [0.717, 1.165) is 35.3 Å². The average Bonchev–Trinajstić information content (AvgIpc) is 3.23. The maximum absolute atomic E-state index is 12.3. The zero-order chi connectivity index (χ0) is 14.3. The maximum Gasteiger partial charge on any atom is 0.252 e. The van der Waals surface area contributed by atoms with Gasteiger partial charge in [0.25, 0.3) is 5.91 Å². The van der Waals surface area contributed by atoms with Crippen molar-refractivity contribution in [3.63, 3.8) is 0 Å². The highest BCUT2D eigenvalue weighted by molar-refractivity contribution is 6.06. The fourth-order valence-corrected chi connectivity index (χ4v) is 2.46. The summed E-state index contributed by atoms with van der Waals surface area (Å²) < 4.78 is 1.73. The number of fused-ring (bicyclic) bond motifs is 1. The van der Waals surface area contributed by atoms with Crippen LogP contribution in [0.4, 0.5) is 0 Å². The predicted molar refractivity (Wildman–Crippen MR) is 76.4 cm³/mol. The molecule has 2 heterocycles. The molecule has 20 heavy (non-hydrogen) atoms. The Kier molecular flexibility index (Phi) is 2.94. The number of nitrogens with one attached hydrogen (secondary N) is 1. The molecule has 0 saturated heterocycles. The number of hydrogen-bond donors (Lipinski definition) is 1. The monoisotopic (exact) mass is 268 g/mol. The van der Waals surface area contributed by atoms with E-state index in [0.29, 0.717) is 11.5 Å². The van der Waals surface area contributed by atoms with Crippen molar-refractivity contribution in [3.8, 4) is 12.3 Å². The summed E-state index contributed by atoms with van der Waals surface area (Å²) in [6.07, 6.45) is 7.48.